The minimum atomic E-state index is -0.234. The average molecular weight is 423 g/mol. The van der Waals surface area contributed by atoms with Gasteiger partial charge in [-0.05, 0) is 26.3 Å². The van der Waals surface area contributed by atoms with Gasteiger partial charge in [-0.2, -0.15) is 5.10 Å². The lowest BCUT2D eigenvalue weighted by molar-refractivity contribution is -0.140. The Morgan fingerprint density at radius 3 is 2.59 bits per heavy atom. The number of nitrogens with zero attached hydrogens (tertiary/aromatic N) is 3. The molecule has 1 aromatic rings. The van der Waals surface area contributed by atoms with Crippen molar-refractivity contribution in [1.82, 2.24) is 20.4 Å². The smallest absolute Gasteiger partial charge is 0.307 e. The molecule has 0 unspecified atom stereocenters. The topological polar surface area (TPSA) is 80.5 Å². The first-order valence-electron chi connectivity index (χ1n) is 7.09. The van der Waals surface area contributed by atoms with Crippen LogP contribution in [0.25, 0.3) is 0 Å². The standard InChI is InChI=1S/C14H25N5O2.HI/c1-11-10-12(2)19(18-11)9-5-7-16-14(15-3)17-8-6-13(20)21-4;/h10H,5-9H2,1-4H3,(H2,15,16,17);1H. The summed E-state index contributed by atoms with van der Waals surface area (Å²) in [5, 5.41) is 10.7. The van der Waals surface area contributed by atoms with Gasteiger partial charge in [0.15, 0.2) is 5.96 Å². The van der Waals surface area contributed by atoms with Gasteiger partial charge < -0.3 is 15.4 Å². The number of hydrogen-bond donors (Lipinski definition) is 2. The van der Waals surface area contributed by atoms with Crippen LogP contribution in [0.3, 0.4) is 0 Å². The number of ether oxygens (including phenoxy) is 1. The van der Waals surface area contributed by atoms with E-state index >= 15 is 0 Å². The summed E-state index contributed by atoms with van der Waals surface area (Å²) in [5.41, 5.74) is 2.22. The fourth-order valence-corrected chi connectivity index (χ4v) is 1.94. The van der Waals surface area contributed by atoms with Gasteiger partial charge in [0.2, 0.25) is 0 Å². The predicted molar refractivity (Wildman–Crippen MR) is 97.7 cm³/mol. The van der Waals surface area contributed by atoms with E-state index in [2.05, 4.69) is 38.5 Å². The predicted octanol–water partition coefficient (Wildman–Crippen LogP) is 1.24. The Balaban J connectivity index is 0.00000441. The van der Waals surface area contributed by atoms with Crippen LogP contribution in [0, 0.1) is 13.8 Å². The molecule has 0 amide bonds. The van der Waals surface area contributed by atoms with Crippen molar-refractivity contribution in [3.63, 3.8) is 0 Å². The second-order valence-corrected chi connectivity index (χ2v) is 4.76. The molecule has 0 saturated heterocycles. The third-order valence-corrected chi connectivity index (χ3v) is 3.02. The van der Waals surface area contributed by atoms with Crippen molar-refractivity contribution in [2.45, 2.75) is 33.2 Å². The zero-order valence-electron chi connectivity index (χ0n) is 13.7. The summed E-state index contributed by atoms with van der Waals surface area (Å²) in [4.78, 5) is 15.1. The number of aliphatic imine (C=N–C) groups is 1. The molecule has 1 heterocycles. The molecule has 2 N–H and O–H groups in total. The number of nitrogens with one attached hydrogen (secondary N) is 2. The summed E-state index contributed by atoms with van der Waals surface area (Å²) >= 11 is 0. The maximum absolute atomic E-state index is 11.0. The van der Waals surface area contributed by atoms with E-state index in [0.717, 1.165) is 25.2 Å². The van der Waals surface area contributed by atoms with E-state index in [1.165, 1.54) is 12.8 Å². The Morgan fingerprint density at radius 2 is 2.05 bits per heavy atom. The van der Waals surface area contributed by atoms with Crippen LogP contribution in [-0.2, 0) is 16.1 Å². The van der Waals surface area contributed by atoms with Crippen LogP contribution in [0.15, 0.2) is 11.1 Å². The molecule has 0 aromatic carbocycles. The number of halogens is 1. The van der Waals surface area contributed by atoms with E-state index < -0.39 is 0 Å². The van der Waals surface area contributed by atoms with E-state index in [9.17, 15) is 4.79 Å². The van der Waals surface area contributed by atoms with Crippen LogP contribution in [0.1, 0.15) is 24.2 Å². The monoisotopic (exact) mass is 423 g/mol. The largest absolute Gasteiger partial charge is 0.469 e. The van der Waals surface area contributed by atoms with Gasteiger partial charge in [0.05, 0.1) is 19.2 Å². The Kier molecular flexibility index (Phi) is 10.6. The first kappa shape index (κ1) is 20.7. The number of esters is 1. The summed E-state index contributed by atoms with van der Waals surface area (Å²) in [6.07, 6.45) is 1.27. The van der Waals surface area contributed by atoms with E-state index in [1.54, 1.807) is 7.05 Å². The number of rotatable bonds is 7. The normalized spacial score (nSPS) is 10.8. The lowest BCUT2D eigenvalue weighted by Crippen LogP contribution is -2.39. The fourth-order valence-electron chi connectivity index (χ4n) is 1.94. The van der Waals surface area contributed by atoms with E-state index in [-0.39, 0.29) is 29.9 Å². The Hall–Kier alpha value is -1.32. The lowest BCUT2D eigenvalue weighted by atomic mass is 10.4. The zero-order chi connectivity index (χ0) is 15.7. The maximum atomic E-state index is 11.0. The SMILES string of the molecule is CN=C(NCCCn1nc(C)cc1C)NCCC(=O)OC.I. The molecule has 0 radical (unpaired) electrons. The van der Waals surface area contributed by atoms with Gasteiger partial charge in [-0.25, -0.2) is 0 Å². The number of guanidine groups is 1. The van der Waals surface area contributed by atoms with Crippen LogP contribution < -0.4 is 10.6 Å². The third kappa shape index (κ3) is 7.62. The molecule has 1 rings (SSSR count). The van der Waals surface area contributed by atoms with Gasteiger partial charge in [0, 0.05) is 32.4 Å². The molecule has 1 aromatic heterocycles. The molecule has 0 fully saturated rings. The highest BCUT2D eigenvalue weighted by Gasteiger charge is 2.03. The molecule has 7 nitrogen and oxygen atoms in total. The summed E-state index contributed by atoms with van der Waals surface area (Å²) in [6.45, 7) is 6.21. The minimum absolute atomic E-state index is 0. The quantitative estimate of drug-likeness (QED) is 0.227. The molecule has 0 atom stereocenters. The maximum Gasteiger partial charge on any atom is 0.307 e. The highest BCUT2D eigenvalue weighted by molar-refractivity contribution is 14.0. The van der Waals surface area contributed by atoms with Gasteiger partial charge in [-0.3, -0.25) is 14.5 Å². The summed E-state index contributed by atoms with van der Waals surface area (Å²) < 4.78 is 6.58. The van der Waals surface area contributed by atoms with Crippen molar-refractivity contribution < 1.29 is 9.53 Å². The molecule has 0 spiro atoms. The first-order chi connectivity index (χ1) is 10.1. The van der Waals surface area contributed by atoms with E-state index in [1.807, 2.05) is 11.6 Å². The zero-order valence-corrected chi connectivity index (χ0v) is 16.0. The lowest BCUT2D eigenvalue weighted by Gasteiger charge is -2.11. The Bertz CT molecular complexity index is 488. The molecule has 126 valence electrons. The third-order valence-electron chi connectivity index (χ3n) is 3.02. The molecular formula is C14H26IN5O2. The van der Waals surface area contributed by atoms with Crippen molar-refractivity contribution in [3.05, 3.63) is 17.5 Å². The van der Waals surface area contributed by atoms with E-state index in [4.69, 9.17) is 0 Å². The second kappa shape index (κ2) is 11.3. The van der Waals surface area contributed by atoms with Crippen LogP contribution in [-0.4, -0.2) is 49.0 Å². The Labute approximate surface area is 148 Å². The van der Waals surface area contributed by atoms with Gasteiger partial charge in [-0.15, -0.1) is 24.0 Å². The minimum Gasteiger partial charge on any atom is -0.469 e. The number of carbonyl (C=O) groups excluding carboxylic acids is 1. The molecule has 0 aliphatic carbocycles. The Morgan fingerprint density at radius 1 is 1.36 bits per heavy atom. The highest BCUT2D eigenvalue weighted by Crippen LogP contribution is 2.02. The van der Waals surface area contributed by atoms with Crippen molar-refractivity contribution in [2.24, 2.45) is 4.99 Å². The number of aromatic nitrogens is 2. The molecule has 0 aliphatic heterocycles. The number of aryl methyl sites for hydroxylation is 3. The van der Waals surface area contributed by atoms with Crippen molar-refractivity contribution >= 4 is 35.9 Å². The summed E-state index contributed by atoms with van der Waals surface area (Å²) in [6, 6.07) is 2.07. The highest BCUT2D eigenvalue weighted by atomic mass is 127. The molecule has 22 heavy (non-hydrogen) atoms. The molecule has 0 aliphatic rings. The van der Waals surface area contributed by atoms with Crippen LogP contribution in [0.2, 0.25) is 0 Å². The number of carbonyl (C=O) groups is 1. The molecule has 0 bridgehead atoms. The van der Waals surface area contributed by atoms with Crippen molar-refractivity contribution in [3.8, 4) is 0 Å². The first-order valence-corrected chi connectivity index (χ1v) is 7.09. The van der Waals surface area contributed by atoms with E-state index in [0.29, 0.717) is 18.9 Å². The summed E-state index contributed by atoms with van der Waals surface area (Å²) in [7, 11) is 3.09. The van der Waals surface area contributed by atoms with Gasteiger partial charge in [-0.1, -0.05) is 0 Å². The molecule has 8 heteroatoms. The summed E-state index contributed by atoms with van der Waals surface area (Å²) in [5.74, 6) is 0.453. The number of methoxy groups -OCH3 is 1. The average Bonchev–Trinajstić information content (AvgIpc) is 2.79. The van der Waals surface area contributed by atoms with Crippen LogP contribution in [0.4, 0.5) is 0 Å². The molecular weight excluding hydrogens is 397 g/mol. The van der Waals surface area contributed by atoms with Gasteiger partial charge in [0.1, 0.15) is 0 Å². The van der Waals surface area contributed by atoms with Crippen LogP contribution in [0.5, 0.6) is 0 Å². The van der Waals surface area contributed by atoms with Crippen molar-refractivity contribution in [1.29, 1.82) is 0 Å². The molecule has 0 saturated carbocycles. The number of hydrogen-bond acceptors (Lipinski definition) is 4. The fraction of sp³-hybridized carbons (Fsp3) is 0.643. The van der Waals surface area contributed by atoms with Crippen LogP contribution >= 0.6 is 24.0 Å². The second-order valence-electron chi connectivity index (χ2n) is 4.76. The van der Waals surface area contributed by atoms with Gasteiger partial charge in [0.25, 0.3) is 0 Å². The van der Waals surface area contributed by atoms with Gasteiger partial charge >= 0.3 is 5.97 Å². The van der Waals surface area contributed by atoms with Crippen molar-refractivity contribution in [2.75, 3.05) is 27.2 Å².